The molecule has 0 aliphatic heterocycles. The van der Waals surface area contributed by atoms with Crippen molar-refractivity contribution in [2.75, 3.05) is 0 Å². The molecule has 1 heterocycles. The van der Waals surface area contributed by atoms with Crippen LogP contribution in [-0.4, -0.2) is 15.9 Å². The van der Waals surface area contributed by atoms with Crippen LogP contribution < -0.4 is 4.74 Å². The van der Waals surface area contributed by atoms with E-state index in [1.165, 1.54) is 6.07 Å². The third-order valence-corrected chi connectivity index (χ3v) is 3.87. The highest BCUT2D eigenvalue weighted by atomic mass is 19.1. The molecule has 1 aromatic heterocycles. The van der Waals surface area contributed by atoms with Gasteiger partial charge in [-0.25, -0.2) is 14.4 Å². The van der Waals surface area contributed by atoms with Crippen LogP contribution in [0, 0.1) is 5.82 Å². The highest BCUT2D eigenvalue weighted by molar-refractivity contribution is 5.87. The quantitative estimate of drug-likeness (QED) is 0.283. The van der Waals surface area contributed by atoms with Crippen LogP contribution in [0.4, 0.5) is 4.39 Å². The van der Waals surface area contributed by atoms with Gasteiger partial charge in [-0.05, 0) is 30.7 Å². The average molecular weight is 326 g/mol. The minimum Gasteiger partial charge on any atom is -0.423 e. The lowest BCUT2D eigenvalue weighted by Crippen LogP contribution is -2.09. The van der Waals surface area contributed by atoms with Gasteiger partial charge < -0.3 is 4.74 Å². The van der Waals surface area contributed by atoms with Gasteiger partial charge in [0.15, 0.2) is 11.6 Å². The summed E-state index contributed by atoms with van der Waals surface area (Å²) in [7, 11) is 0. The van der Waals surface area contributed by atoms with Crippen LogP contribution in [0.1, 0.15) is 39.0 Å². The number of esters is 1. The molecule has 4 nitrogen and oxygen atoms in total. The van der Waals surface area contributed by atoms with Gasteiger partial charge in [-0.3, -0.25) is 4.79 Å². The maximum Gasteiger partial charge on any atom is 0.311 e. The van der Waals surface area contributed by atoms with Gasteiger partial charge in [-0.2, -0.15) is 0 Å². The van der Waals surface area contributed by atoms with Crippen molar-refractivity contribution in [3.8, 4) is 5.75 Å². The number of halogens is 1. The average Bonchev–Trinajstić information content (AvgIpc) is 2.60. The number of hydrogen-bond donors (Lipinski definition) is 0. The van der Waals surface area contributed by atoms with Crippen molar-refractivity contribution in [2.45, 2.75) is 39.0 Å². The van der Waals surface area contributed by atoms with E-state index in [9.17, 15) is 9.18 Å². The third-order valence-electron chi connectivity index (χ3n) is 3.87. The number of ether oxygens (including phenoxy) is 1. The molecule has 0 atom stereocenters. The summed E-state index contributed by atoms with van der Waals surface area (Å²) in [6, 6.07) is 10.3. The van der Waals surface area contributed by atoms with Crippen molar-refractivity contribution >= 4 is 28.0 Å². The standard InChI is InChI=1S/C19H19FN2O2/c1-2-3-4-5-10-17(23)24-16-12-11-15-19(18(16)20)22-14-9-7-6-8-13(14)21-15/h6-9,11-12H,2-5,10H2,1H3. The van der Waals surface area contributed by atoms with E-state index in [4.69, 9.17) is 4.74 Å². The Morgan fingerprint density at radius 1 is 1.00 bits per heavy atom. The molecule has 0 saturated heterocycles. The Morgan fingerprint density at radius 3 is 2.50 bits per heavy atom. The van der Waals surface area contributed by atoms with Crippen LogP contribution in [0.2, 0.25) is 0 Å². The largest absolute Gasteiger partial charge is 0.423 e. The molecule has 3 rings (SSSR count). The maximum atomic E-state index is 14.6. The smallest absolute Gasteiger partial charge is 0.311 e. The molecule has 0 N–H and O–H groups in total. The molecular formula is C19H19FN2O2. The Balaban J connectivity index is 1.83. The summed E-state index contributed by atoms with van der Waals surface area (Å²) in [5.74, 6) is -1.15. The number of unbranched alkanes of at least 4 members (excludes halogenated alkanes) is 3. The summed E-state index contributed by atoms with van der Waals surface area (Å²) in [6.07, 6.45) is 4.21. The van der Waals surface area contributed by atoms with Gasteiger partial charge in [-0.15, -0.1) is 0 Å². The monoisotopic (exact) mass is 326 g/mol. The lowest BCUT2D eigenvalue weighted by molar-refractivity contribution is -0.134. The molecule has 0 bridgehead atoms. The first kappa shape index (κ1) is 16.3. The zero-order valence-corrected chi connectivity index (χ0v) is 13.6. The van der Waals surface area contributed by atoms with Gasteiger partial charge in [0.05, 0.1) is 16.6 Å². The highest BCUT2D eigenvalue weighted by Gasteiger charge is 2.15. The van der Waals surface area contributed by atoms with E-state index in [0.29, 0.717) is 23.0 Å². The minimum absolute atomic E-state index is 0.0902. The van der Waals surface area contributed by atoms with Gasteiger partial charge in [0.25, 0.3) is 0 Å². The summed E-state index contributed by atoms with van der Waals surface area (Å²) in [5.41, 5.74) is 1.86. The topological polar surface area (TPSA) is 52.1 Å². The van der Waals surface area contributed by atoms with Crippen molar-refractivity contribution in [3.63, 3.8) is 0 Å². The van der Waals surface area contributed by atoms with E-state index in [1.807, 2.05) is 18.2 Å². The van der Waals surface area contributed by atoms with Crippen molar-refractivity contribution in [1.82, 2.24) is 9.97 Å². The molecular weight excluding hydrogens is 307 g/mol. The van der Waals surface area contributed by atoms with E-state index >= 15 is 0 Å². The van der Waals surface area contributed by atoms with Crippen LogP contribution in [0.5, 0.6) is 5.75 Å². The first-order valence-corrected chi connectivity index (χ1v) is 8.24. The molecule has 0 amide bonds. The minimum atomic E-state index is -0.646. The molecule has 0 unspecified atom stereocenters. The number of carbonyl (C=O) groups excluding carboxylic acids is 1. The Morgan fingerprint density at radius 2 is 1.75 bits per heavy atom. The molecule has 24 heavy (non-hydrogen) atoms. The lowest BCUT2D eigenvalue weighted by atomic mass is 10.1. The summed E-state index contributed by atoms with van der Waals surface area (Å²) >= 11 is 0. The van der Waals surface area contributed by atoms with Crippen molar-refractivity contribution in [1.29, 1.82) is 0 Å². The number of carbonyl (C=O) groups is 1. The van der Waals surface area contributed by atoms with Gasteiger partial charge in [0, 0.05) is 6.42 Å². The van der Waals surface area contributed by atoms with Gasteiger partial charge in [-0.1, -0.05) is 38.3 Å². The summed E-state index contributed by atoms with van der Waals surface area (Å²) in [4.78, 5) is 20.5. The predicted molar refractivity (Wildman–Crippen MR) is 91.4 cm³/mol. The lowest BCUT2D eigenvalue weighted by Gasteiger charge is -2.08. The second-order valence-corrected chi connectivity index (χ2v) is 5.74. The number of aromatic nitrogens is 2. The number of hydrogen-bond acceptors (Lipinski definition) is 4. The Hall–Kier alpha value is -2.56. The van der Waals surface area contributed by atoms with Crippen LogP contribution in [0.3, 0.4) is 0 Å². The van der Waals surface area contributed by atoms with Crippen LogP contribution in [0.25, 0.3) is 22.1 Å². The molecule has 2 aromatic carbocycles. The predicted octanol–water partition coefficient (Wildman–Crippen LogP) is 4.80. The van der Waals surface area contributed by atoms with Gasteiger partial charge in [0.2, 0.25) is 0 Å². The third kappa shape index (κ3) is 3.50. The number of para-hydroxylation sites is 2. The molecule has 5 heteroatoms. The van der Waals surface area contributed by atoms with Crippen molar-refractivity contribution in [2.24, 2.45) is 0 Å². The Bertz CT molecular complexity index is 880. The molecule has 0 aliphatic rings. The summed E-state index contributed by atoms with van der Waals surface area (Å²) < 4.78 is 19.8. The number of benzene rings is 2. The Kier molecular flexibility index (Phi) is 4.99. The fourth-order valence-corrected chi connectivity index (χ4v) is 2.58. The number of nitrogens with zero attached hydrogens (tertiary/aromatic N) is 2. The molecule has 0 aliphatic carbocycles. The fourth-order valence-electron chi connectivity index (χ4n) is 2.58. The van der Waals surface area contributed by atoms with Gasteiger partial charge in [0.1, 0.15) is 5.52 Å². The highest BCUT2D eigenvalue weighted by Crippen LogP contribution is 2.26. The Labute approximate surface area is 139 Å². The SMILES string of the molecule is CCCCCCC(=O)Oc1ccc2nc3ccccc3nc2c1F. The molecule has 124 valence electrons. The zero-order chi connectivity index (χ0) is 16.9. The first-order valence-electron chi connectivity index (χ1n) is 8.24. The fraction of sp³-hybridized carbons (Fsp3) is 0.316. The van der Waals surface area contributed by atoms with E-state index in [2.05, 4.69) is 16.9 Å². The van der Waals surface area contributed by atoms with Crippen LogP contribution >= 0.6 is 0 Å². The molecule has 0 radical (unpaired) electrons. The van der Waals surface area contributed by atoms with E-state index in [1.54, 1.807) is 12.1 Å². The number of rotatable bonds is 6. The maximum absolute atomic E-state index is 14.6. The molecule has 0 fully saturated rings. The zero-order valence-electron chi connectivity index (χ0n) is 13.6. The van der Waals surface area contributed by atoms with Crippen molar-refractivity contribution in [3.05, 3.63) is 42.2 Å². The van der Waals surface area contributed by atoms with Gasteiger partial charge >= 0.3 is 5.97 Å². The van der Waals surface area contributed by atoms with E-state index < -0.39 is 11.8 Å². The molecule has 0 spiro atoms. The van der Waals surface area contributed by atoms with E-state index in [0.717, 1.165) is 25.7 Å². The number of fused-ring (bicyclic) bond motifs is 2. The molecule has 0 saturated carbocycles. The summed E-state index contributed by atoms with van der Waals surface area (Å²) in [5, 5.41) is 0. The molecule has 3 aromatic rings. The second-order valence-electron chi connectivity index (χ2n) is 5.74. The van der Waals surface area contributed by atoms with Crippen LogP contribution in [-0.2, 0) is 4.79 Å². The first-order chi connectivity index (χ1) is 11.7. The van der Waals surface area contributed by atoms with E-state index in [-0.39, 0.29) is 11.3 Å². The van der Waals surface area contributed by atoms with Crippen LogP contribution in [0.15, 0.2) is 36.4 Å². The second kappa shape index (κ2) is 7.34. The normalized spacial score (nSPS) is 11.1. The summed E-state index contributed by atoms with van der Waals surface area (Å²) in [6.45, 7) is 2.10. The van der Waals surface area contributed by atoms with Crippen molar-refractivity contribution < 1.29 is 13.9 Å².